The average molecular weight is 257 g/mol. The van der Waals surface area contributed by atoms with Gasteiger partial charge in [-0.15, -0.1) is 0 Å². The molecule has 0 aromatic heterocycles. The van der Waals surface area contributed by atoms with Gasteiger partial charge in [0.2, 0.25) is 5.76 Å². The predicted molar refractivity (Wildman–Crippen MR) is 63.4 cm³/mol. The van der Waals surface area contributed by atoms with Gasteiger partial charge in [-0.3, -0.25) is 4.79 Å². The van der Waals surface area contributed by atoms with Gasteiger partial charge in [0.05, 0.1) is 0 Å². The van der Waals surface area contributed by atoms with Gasteiger partial charge in [-0.2, -0.15) is 0 Å². The molecule has 0 bridgehead atoms. The van der Waals surface area contributed by atoms with Crippen LogP contribution in [0.4, 0.5) is 0 Å². The minimum Gasteiger partial charge on any atom is -0.493 e. The van der Waals surface area contributed by atoms with Crippen molar-refractivity contribution in [3.8, 4) is 0 Å². The molecule has 0 radical (unpaired) electrons. The van der Waals surface area contributed by atoms with E-state index >= 15 is 0 Å². The molecule has 1 unspecified atom stereocenters. The summed E-state index contributed by atoms with van der Waals surface area (Å²) in [6.45, 7) is 6.27. The molecular formula is C12H19NO5. The van der Waals surface area contributed by atoms with Gasteiger partial charge >= 0.3 is 5.97 Å². The van der Waals surface area contributed by atoms with Crippen molar-refractivity contribution in [2.45, 2.75) is 26.8 Å². The zero-order chi connectivity index (χ0) is 13.5. The fourth-order valence-electron chi connectivity index (χ4n) is 1.14. The number of ether oxygens (including phenoxy) is 3. The van der Waals surface area contributed by atoms with Crippen molar-refractivity contribution in [1.29, 1.82) is 0 Å². The predicted octanol–water partition coefficient (Wildman–Crippen LogP) is 0.578. The smallest absolute Gasteiger partial charge is 0.377 e. The molecule has 1 heterocycles. The lowest BCUT2D eigenvalue weighted by Gasteiger charge is -2.18. The third kappa shape index (κ3) is 4.65. The third-order valence-corrected chi connectivity index (χ3v) is 2.57. The Balaban J connectivity index is 2.29. The monoisotopic (exact) mass is 257 g/mol. The van der Waals surface area contributed by atoms with Crippen LogP contribution >= 0.6 is 0 Å². The van der Waals surface area contributed by atoms with Crippen LogP contribution in [0.2, 0.25) is 0 Å². The zero-order valence-corrected chi connectivity index (χ0v) is 10.9. The minimum atomic E-state index is -0.693. The molecule has 1 atom stereocenters. The molecule has 18 heavy (non-hydrogen) atoms. The van der Waals surface area contributed by atoms with Gasteiger partial charge < -0.3 is 19.5 Å². The topological polar surface area (TPSA) is 73.9 Å². The molecular weight excluding hydrogens is 238 g/mol. The molecule has 0 aromatic carbocycles. The lowest BCUT2D eigenvalue weighted by molar-refractivity contribution is -0.149. The second kappa shape index (κ2) is 6.88. The number of carbonyl (C=O) groups is 2. The summed E-state index contributed by atoms with van der Waals surface area (Å²) < 4.78 is 14.7. The Morgan fingerprint density at radius 2 is 2.11 bits per heavy atom. The number of rotatable bonds is 5. The number of esters is 1. The summed E-state index contributed by atoms with van der Waals surface area (Å²) in [7, 11) is 0. The zero-order valence-electron chi connectivity index (χ0n) is 10.9. The molecule has 6 nitrogen and oxygen atoms in total. The first-order chi connectivity index (χ1) is 8.50. The molecule has 1 N–H and O–H groups in total. The van der Waals surface area contributed by atoms with Gasteiger partial charge in [-0.05, 0) is 12.8 Å². The summed E-state index contributed by atoms with van der Waals surface area (Å²) in [6, 6.07) is 0.0321. The van der Waals surface area contributed by atoms with Gasteiger partial charge in [0, 0.05) is 6.04 Å². The normalized spacial score (nSPS) is 16.1. The summed E-state index contributed by atoms with van der Waals surface area (Å²) in [5.41, 5.74) is 0. The fourth-order valence-corrected chi connectivity index (χ4v) is 1.14. The molecule has 0 aromatic rings. The maximum absolute atomic E-state index is 11.5. The highest BCUT2D eigenvalue weighted by Crippen LogP contribution is 2.06. The SMILES string of the molecule is CC(C)C(C)NC(=O)COC(=O)C1=COCCO1. The molecule has 1 rings (SSSR count). The van der Waals surface area contributed by atoms with Gasteiger partial charge in [0.25, 0.3) is 5.91 Å². The summed E-state index contributed by atoms with van der Waals surface area (Å²) in [6.07, 6.45) is 1.19. The maximum atomic E-state index is 11.5. The highest BCUT2D eigenvalue weighted by atomic mass is 16.6. The van der Waals surface area contributed by atoms with E-state index < -0.39 is 5.97 Å². The van der Waals surface area contributed by atoms with Crippen molar-refractivity contribution in [3.05, 3.63) is 12.0 Å². The van der Waals surface area contributed by atoms with Gasteiger partial charge in [-0.1, -0.05) is 13.8 Å². The summed E-state index contributed by atoms with van der Waals surface area (Å²) in [5.74, 6) is -0.711. The van der Waals surface area contributed by atoms with Crippen LogP contribution in [0.1, 0.15) is 20.8 Å². The van der Waals surface area contributed by atoms with Crippen LogP contribution in [0.15, 0.2) is 12.0 Å². The summed E-state index contributed by atoms with van der Waals surface area (Å²) in [4.78, 5) is 22.9. The van der Waals surface area contributed by atoms with E-state index in [4.69, 9.17) is 14.2 Å². The second-order valence-electron chi connectivity index (χ2n) is 4.38. The maximum Gasteiger partial charge on any atom is 0.377 e. The van der Waals surface area contributed by atoms with Crippen LogP contribution in [0.25, 0.3) is 0 Å². The van der Waals surface area contributed by atoms with Gasteiger partial charge in [0.15, 0.2) is 6.61 Å². The van der Waals surface area contributed by atoms with Crippen molar-refractivity contribution in [1.82, 2.24) is 5.32 Å². The highest BCUT2D eigenvalue weighted by Gasteiger charge is 2.18. The Morgan fingerprint density at radius 1 is 1.39 bits per heavy atom. The summed E-state index contributed by atoms with van der Waals surface area (Å²) in [5, 5.41) is 2.73. The van der Waals surface area contributed by atoms with E-state index in [1.54, 1.807) is 0 Å². The van der Waals surface area contributed by atoms with Crippen molar-refractivity contribution < 1.29 is 23.8 Å². The van der Waals surface area contributed by atoms with E-state index in [1.807, 2.05) is 20.8 Å². The summed E-state index contributed by atoms with van der Waals surface area (Å²) >= 11 is 0. The molecule has 1 amide bonds. The van der Waals surface area contributed by atoms with E-state index in [1.165, 1.54) is 6.26 Å². The van der Waals surface area contributed by atoms with Crippen molar-refractivity contribution in [2.24, 2.45) is 5.92 Å². The van der Waals surface area contributed by atoms with E-state index in [9.17, 15) is 9.59 Å². The largest absolute Gasteiger partial charge is 0.493 e. The first-order valence-electron chi connectivity index (χ1n) is 5.91. The first-order valence-corrected chi connectivity index (χ1v) is 5.91. The van der Waals surface area contributed by atoms with Crippen LogP contribution in [0, 0.1) is 5.92 Å². The van der Waals surface area contributed by atoms with Crippen molar-refractivity contribution in [3.63, 3.8) is 0 Å². The fraction of sp³-hybridized carbons (Fsp3) is 0.667. The standard InChI is InChI=1S/C12H19NO5/c1-8(2)9(3)13-11(14)7-18-12(15)10-6-16-4-5-17-10/h6,8-9H,4-5,7H2,1-3H3,(H,13,14). The Hall–Kier alpha value is -1.72. The molecule has 0 saturated carbocycles. The Bertz CT molecular complexity index is 337. The van der Waals surface area contributed by atoms with Gasteiger partial charge in [-0.25, -0.2) is 4.79 Å². The van der Waals surface area contributed by atoms with Crippen LogP contribution in [0.3, 0.4) is 0 Å². The van der Waals surface area contributed by atoms with E-state index in [0.29, 0.717) is 19.1 Å². The lowest BCUT2D eigenvalue weighted by Crippen LogP contribution is -2.38. The average Bonchev–Trinajstić information content (AvgIpc) is 2.36. The molecule has 0 spiro atoms. The Morgan fingerprint density at radius 3 is 2.67 bits per heavy atom. The van der Waals surface area contributed by atoms with E-state index in [2.05, 4.69) is 5.32 Å². The highest BCUT2D eigenvalue weighted by molar-refractivity contribution is 5.88. The van der Waals surface area contributed by atoms with Crippen LogP contribution in [0.5, 0.6) is 0 Å². The number of amides is 1. The third-order valence-electron chi connectivity index (χ3n) is 2.57. The van der Waals surface area contributed by atoms with Crippen LogP contribution in [-0.2, 0) is 23.8 Å². The second-order valence-corrected chi connectivity index (χ2v) is 4.38. The molecule has 0 saturated heterocycles. The molecule has 1 aliphatic rings. The van der Waals surface area contributed by atoms with Crippen molar-refractivity contribution in [2.75, 3.05) is 19.8 Å². The minimum absolute atomic E-state index is 0.00837. The molecule has 6 heteroatoms. The number of carbonyl (C=O) groups excluding carboxylic acids is 2. The number of hydrogen-bond acceptors (Lipinski definition) is 5. The number of nitrogens with one attached hydrogen (secondary N) is 1. The first kappa shape index (κ1) is 14.3. The molecule has 1 aliphatic heterocycles. The Kier molecular flexibility index (Phi) is 5.48. The lowest BCUT2D eigenvalue weighted by atomic mass is 10.1. The quantitative estimate of drug-likeness (QED) is 0.729. The molecule has 0 fully saturated rings. The molecule has 102 valence electrons. The van der Waals surface area contributed by atoms with E-state index in [0.717, 1.165) is 0 Å². The molecule has 0 aliphatic carbocycles. The van der Waals surface area contributed by atoms with Crippen molar-refractivity contribution >= 4 is 11.9 Å². The Labute approximate surface area is 106 Å². The van der Waals surface area contributed by atoms with Crippen LogP contribution < -0.4 is 5.32 Å². The number of hydrogen-bond donors (Lipinski definition) is 1. The van der Waals surface area contributed by atoms with Gasteiger partial charge in [0.1, 0.15) is 19.5 Å². The van der Waals surface area contributed by atoms with E-state index in [-0.39, 0.29) is 24.3 Å². The van der Waals surface area contributed by atoms with Crippen LogP contribution in [-0.4, -0.2) is 37.7 Å².